The summed E-state index contributed by atoms with van der Waals surface area (Å²) in [6.07, 6.45) is -0.747. The minimum Gasteiger partial charge on any atom is -0.496 e. The smallest absolute Gasteiger partial charge is 0.191 e. The molecule has 0 aliphatic rings. The van der Waals surface area contributed by atoms with E-state index in [9.17, 15) is 9.50 Å². The number of methoxy groups -OCH3 is 1. The number of hydrogen-bond donors (Lipinski definition) is 3. The van der Waals surface area contributed by atoms with Crippen molar-refractivity contribution in [1.29, 1.82) is 0 Å². The second-order valence-corrected chi connectivity index (χ2v) is 6.31. The van der Waals surface area contributed by atoms with Crippen LogP contribution in [0.1, 0.15) is 18.1 Å². The van der Waals surface area contributed by atoms with Gasteiger partial charge in [-0.25, -0.2) is 9.38 Å². The first-order valence-corrected chi connectivity index (χ1v) is 9.24. The number of rotatable bonds is 9. The van der Waals surface area contributed by atoms with Crippen LogP contribution < -0.4 is 20.1 Å². The number of guanidine groups is 1. The van der Waals surface area contributed by atoms with Crippen LogP contribution in [0.4, 0.5) is 4.39 Å². The maximum absolute atomic E-state index is 12.9. The Balaban J connectivity index is 1.87. The van der Waals surface area contributed by atoms with Crippen LogP contribution in [0.25, 0.3) is 0 Å². The van der Waals surface area contributed by atoms with E-state index in [0.717, 1.165) is 16.9 Å². The number of aliphatic imine (C=N–C) groups is 1. The van der Waals surface area contributed by atoms with Crippen LogP contribution in [0.15, 0.2) is 47.5 Å². The van der Waals surface area contributed by atoms with Crippen molar-refractivity contribution in [3.63, 3.8) is 0 Å². The van der Waals surface area contributed by atoms with Crippen molar-refractivity contribution in [2.24, 2.45) is 4.99 Å². The first-order valence-electron chi connectivity index (χ1n) is 9.24. The summed E-state index contributed by atoms with van der Waals surface area (Å²) in [5.74, 6) is 1.57. The second kappa shape index (κ2) is 11.1. The lowest BCUT2D eigenvalue weighted by Crippen LogP contribution is -2.42. The molecule has 0 aromatic heterocycles. The average molecular weight is 389 g/mol. The Bertz CT molecular complexity index is 766. The van der Waals surface area contributed by atoms with Gasteiger partial charge in [0.25, 0.3) is 0 Å². The van der Waals surface area contributed by atoms with Crippen LogP contribution in [0.2, 0.25) is 0 Å². The van der Waals surface area contributed by atoms with Gasteiger partial charge >= 0.3 is 0 Å². The van der Waals surface area contributed by atoms with E-state index in [1.54, 1.807) is 7.11 Å². The van der Waals surface area contributed by atoms with Gasteiger partial charge in [0, 0.05) is 18.7 Å². The Morgan fingerprint density at radius 3 is 2.61 bits per heavy atom. The minimum atomic E-state index is -0.747. The molecule has 2 rings (SSSR count). The molecule has 1 atom stereocenters. The van der Waals surface area contributed by atoms with E-state index < -0.39 is 6.10 Å². The number of hydrogen-bond acceptors (Lipinski definition) is 4. The van der Waals surface area contributed by atoms with Crippen molar-refractivity contribution < 1.29 is 19.0 Å². The number of nitrogens with zero attached hydrogens (tertiary/aromatic N) is 1. The van der Waals surface area contributed by atoms with Gasteiger partial charge in [0.1, 0.15) is 30.0 Å². The molecule has 0 heterocycles. The fourth-order valence-corrected chi connectivity index (χ4v) is 2.49. The Morgan fingerprint density at radius 1 is 1.18 bits per heavy atom. The summed E-state index contributed by atoms with van der Waals surface area (Å²) in [5.41, 5.74) is 2.10. The summed E-state index contributed by atoms with van der Waals surface area (Å²) in [4.78, 5) is 4.54. The molecule has 2 aromatic carbocycles. The molecule has 152 valence electrons. The molecule has 28 heavy (non-hydrogen) atoms. The topological polar surface area (TPSA) is 75.1 Å². The van der Waals surface area contributed by atoms with E-state index in [-0.39, 0.29) is 19.0 Å². The van der Waals surface area contributed by atoms with Crippen LogP contribution in [0.5, 0.6) is 11.5 Å². The highest BCUT2D eigenvalue weighted by atomic mass is 19.1. The van der Waals surface area contributed by atoms with Crippen LogP contribution in [-0.2, 0) is 6.54 Å². The van der Waals surface area contributed by atoms with Gasteiger partial charge in [-0.2, -0.15) is 0 Å². The predicted molar refractivity (Wildman–Crippen MR) is 108 cm³/mol. The van der Waals surface area contributed by atoms with Crippen LogP contribution in [0.3, 0.4) is 0 Å². The molecule has 1 unspecified atom stereocenters. The third-order valence-corrected chi connectivity index (χ3v) is 3.96. The molecule has 0 spiro atoms. The highest BCUT2D eigenvalue weighted by Gasteiger charge is 2.08. The van der Waals surface area contributed by atoms with Gasteiger partial charge in [-0.15, -0.1) is 0 Å². The molecule has 0 saturated heterocycles. The monoisotopic (exact) mass is 389 g/mol. The molecule has 6 nitrogen and oxygen atoms in total. The maximum atomic E-state index is 12.9. The fourth-order valence-electron chi connectivity index (χ4n) is 2.49. The van der Waals surface area contributed by atoms with E-state index in [2.05, 4.69) is 15.6 Å². The van der Waals surface area contributed by atoms with Crippen molar-refractivity contribution in [3.05, 3.63) is 59.4 Å². The Labute approximate surface area is 165 Å². The molecule has 0 bridgehead atoms. The van der Waals surface area contributed by atoms with Gasteiger partial charge in [-0.05, 0) is 49.7 Å². The van der Waals surface area contributed by atoms with Crippen molar-refractivity contribution in [2.45, 2.75) is 26.5 Å². The molecule has 0 saturated carbocycles. The largest absolute Gasteiger partial charge is 0.496 e. The van der Waals surface area contributed by atoms with Gasteiger partial charge in [0.05, 0.1) is 13.7 Å². The van der Waals surface area contributed by atoms with E-state index in [0.29, 0.717) is 24.8 Å². The van der Waals surface area contributed by atoms with Gasteiger partial charge in [0.2, 0.25) is 0 Å². The number of aliphatic hydroxyl groups is 1. The quantitative estimate of drug-likeness (QED) is 0.454. The second-order valence-electron chi connectivity index (χ2n) is 6.31. The van der Waals surface area contributed by atoms with Gasteiger partial charge < -0.3 is 25.2 Å². The first kappa shape index (κ1) is 21.5. The van der Waals surface area contributed by atoms with Crippen molar-refractivity contribution in [2.75, 3.05) is 26.8 Å². The van der Waals surface area contributed by atoms with Crippen LogP contribution in [-0.4, -0.2) is 44.0 Å². The number of ether oxygens (including phenoxy) is 2. The standard InChI is InChI=1S/C21H28FN3O3/c1-4-23-21(24-12-16-6-5-15(2)11-20(16)27-3)25-13-18(26)14-28-19-9-7-17(22)8-10-19/h5-11,18,26H,4,12-14H2,1-3H3,(H2,23,24,25). The summed E-state index contributed by atoms with van der Waals surface area (Å²) in [7, 11) is 1.64. The number of nitrogens with one attached hydrogen (secondary N) is 2. The van der Waals surface area contributed by atoms with Crippen LogP contribution in [0, 0.1) is 12.7 Å². The Morgan fingerprint density at radius 2 is 1.93 bits per heavy atom. The molecule has 0 amide bonds. The SMILES string of the molecule is CCNC(=NCc1ccc(C)cc1OC)NCC(O)COc1ccc(F)cc1. The minimum absolute atomic E-state index is 0.0871. The summed E-state index contributed by atoms with van der Waals surface area (Å²) in [6.45, 7) is 5.47. The van der Waals surface area contributed by atoms with E-state index in [4.69, 9.17) is 9.47 Å². The fraction of sp³-hybridized carbons (Fsp3) is 0.381. The highest BCUT2D eigenvalue weighted by Crippen LogP contribution is 2.20. The van der Waals surface area contributed by atoms with Gasteiger partial charge in [-0.3, -0.25) is 0 Å². The van der Waals surface area contributed by atoms with E-state index in [1.165, 1.54) is 24.3 Å². The number of aryl methyl sites for hydroxylation is 1. The summed E-state index contributed by atoms with van der Waals surface area (Å²) in [6, 6.07) is 11.7. The lowest BCUT2D eigenvalue weighted by molar-refractivity contribution is 0.110. The van der Waals surface area contributed by atoms with Gasteiger partial charge in [0.15, 0.2) is 5.96 Å². The third-order valence-electron chi connectivity index (χ3n) is 3.96. The Kier molecular flexibility index (Phi) is 8.55. The average Bonchev–Trinajstić information content (AvgIpc) is 2.70. The normalized spacial score (nSPS) is 12.4. The molecule has 0 aliphatic heterocycles. The molecule has 0 radical (unpaired) electrons. The predicted octanol–water partition coefficient (Wildman–Crippen LogP) is 2.64. The van der Waals surface area contributed by atoms with Crippen molar-refractivity contribution in [3.8, 4) is 11.5 Å². The van der Waals surface area contributed by atoms with Crippen LogP contribution >= 0.6 is 0 Å². The highest BCUT2D eigenvalue weighted by molar-refractivity contribution is 5.79. The first-order chi connectivity index (χ1) is 13.5. The van der Waals surface area contributed by atoms with Crippen molar-refractivity contribution >= 4 is 5.96 Å². The summed E-state index contributed by atoms with van der Waals surface area (Å²) in [5, 5.41) is 16.4. The molecule has 0 fully saturated rings. The third kappa shape index (κ3) is 7.08. The van der Waals surface area contributed by atoms with E-state index >= 15 is 0 Å². The summed E-state index contributed by atoms with van der Waals surface area (Å²) < 4.78 is 23.7. The molecule has 7 heteroatoms. The Hall–Kier alpha value is -2.80. The maximum Gasteiger partial charge on any atom is 0.191 e. The zero-order valence-corrected chi connectivity index (χ0v) is 16.5. The molecule has 0 aliphatic carbocycles. The zero-order valence-electron chi connectivity index (χ0n) is 16.5. The lowest BCUT2D eigenvalue weighted by atomic mass is 10.1. The molecular formula is C21H28FN3O3. The zero-order chi connectivity index (χ0) is 20.4. The lowest BCUT2D eigenvalue weighted by Gasteiger charge is -2.16. The van der Waals surface area contributed by atoms with E-state index in [1.807, 2.05) is 32.0 Å². The number of halogens is 1. The number of aliphatic hydroxyl groups excluding tert-OH is 1. The molecular weight excluding hydrogens is 361 g/mol. The van der Waals surface area contributed by atoms with Gasteiger partial charge in [-0.1, -0.05) is 12.1 Å². The number of benzene rings is 2. The van der Waals surface area contributed by atoms with Crippen molar-refractivity contribution in [1.82, 2.24) is 10.6 Å². The summed E-state index contributed by atoms with van der Waals surface area (Å²) >= 11 is 0. The molecule has 2 aromatic rings. The molecule has 3 N–H and O–H groups in total.